The molecule has 2 amide bonds. The molecule has 2 N–H and O–H groups in total. The van der Waals surface area contributed by atoms with Gasteiger partial charge in [-0.2, -0.15) is 0 Å². The van der Waals surface area contributed by atoms with Gasteiger partial charge in [-0.1, -0.05) is 24.3 Å². The normalized spacial score (nSPS) is 10.3. The van der Waals surface area contributed by atoms with Crippen molar-refractivity contribution in [1.82, 2.24) is 4.98 Å². The van der Waals surface area contributed by atoms with Crippen molar-refractivity contribution < 1.29 is 9.59 Å². The summed E-state index contributed by atoms with van der Waals surface area (Å²) in [6, 6.07) is 14.7. The molecular formula is C19H17N3O2S. The van der Waals surface area contributed by atoms with Crippen LogP contribution >= 0.6 is 11.3 Å². The van der Waals surface area contributed by atoms with Gasteiger partial charge in [0.2, 0.25) is 5.91 Å². The van der Waals surface area contributed by atoms with E-state index in [9.17, 15) is 9.59 Å². The summed E-state index contributed by atoms with van der Waals surface area (Å²) in [6.07, 6.45) is 0. The lowest BCUT2D eigenvalue weighted by Gasteiger charge is -2.05. The van der Waals surface area contributed by atoms with Crippen LogP contribution in [0.15, 0.2) is 53.9 Å². The fourth-order valence-electron chi connectivity index (χ4n) is 2.39. The molecule has 2 aromatic carbocycles. The Morgan fingerprint density at radius 1 is 1.00 bits per heavy atom. The summed E-state index contributed by atoms with van der Waals surface area (Å²) in [5.74, 6) is -0.385. The number of anilines is 2. The van der Waals surface area contributed by atoms with E-state index in [4.69, 9.17) is 0 Å². The van der Waals surface area contributed by atoms with Gasteiger partial charge >= 0.3 is 0 Å². The first-order chi connectivity index (χ1) is 12.0. The predicted molar refractivity (Wildman–Crippen MR) is 101 cm³/mol. The highest BCUT2D eigenvalue weighted by atomic mass is 32.1. The minimum absolute atomic E-state index is 0.149. The fraction of sp³-hybridized carbons (Fsp3) is 0.105. The Balaban J connectivity index is 1.71. The Kier molecular flexibility index (Phi) is 4.90. The zero-order chi connectivity index (χ0) is 17.8. The number of hydrogen-bond donors (Lipinski definition) is 2. The summed E-state index contributed by atoms with van der Waals surface area (Å²) < 4.78 is 0. The molecule has 3 rings (SSSR count). The lowest BCUT2D eigenvalue weighted by atomic mass is 10.1. The summed E-state index contributed by atoms with van der Waals surface area (Å²) >= 11 is 1.39. The molecule has 0 radical (unpaired) electrons. The van der Waals surface area contributed by atoms with Crippen LogP contribution in [0.4, 0.5) is 10.8 Å². The molecular weight excluding hydrogens is 334 g/mol. The van der Waals surface area contributed by atoms with Crippen molar-refractivity contribution in [2.24, 2.45) is 0 Å². The number of carbonyl (C=O) groups is 2. The van der Waals surface area contributed by atoms with Crippen LogP contribution in [-0.2, 0) is 4.79 Å². The van der Waals surface area contributed by atoms with E-state index in [1.54, 1.807) is 24.3 Å². The van der Waals surface area contributed by atoms with Gasteiger partial charge in [-0.15, -0.1) is 11.3 Å². The molecule has 0 spiro atoms. The second kappa shape index (κ2) is 7.27. The molecule has 0 fully saturated rings. The molecule has 0 bridgehead atoms. The number of carbonyl (C=O) groups excluding carboxylic acids is 2. The standard InChI is InChI=1S/C19H17N3O2S/c1-12-5-3-4-6-16(12)17-11-25-19(21-17)22-18(24)14-7-9-15(10-8-14)20-13(2)23/h3-11H,1-2H3,(H,20,23)(H,21,22,24). The molecule has 0 saturated carbocycles. The molecule has 1 aromatic heterocycles. The smallest absolute Gasteiger partial charge is 0.257 e. The SMILES string of the molecule is CC(=O)Nc1ccc(C(=O)Nc2nc(-c3ccccc3C)cs2)cc1. The Morgan fingerprint density at radius 3 is 2.40 bits per heavy atom. The van der Waals surface area contributed by atoms with Gasteiger partial charge in [-0.05, 0) is 36.8 Å². The average Bonchev–Trinajstić information content (AvgIpc) is 3.03. The first kappa shape index (κ1) is 16.9. The largest absolute Gasteiger partial charge is 0.326 e. The van der Waals surface area contributed by atoms with E-state index in [0.717, 1.165) is 16.8 Å². The van der Waals surface area contributed by atoms with Crippen molar-refractivity contribution in [2.75, 3.05) is 10.6 Å². The Hall–Kier alpha value is -2.99. The van der Waals surface area contributed by atoms with E-state index in [2.05, 4.69) is 15.6 Å². The first-order valence-electron chi connectivity index (χ1n) is 7.73. The van der Waals surface area contributed by atoms with Crippen molar-refractivity contribution in [3.63, 3.8) is 0 Å². The second-order valence-corrected chi connectivity index (χ2v) is 6.42. The van der Waals surface area contributed by atoms with Gasteiger partial charge in [0.25, 0.3) is 5.91 Å². The van der Waals surface area contributed by atoms with Gasteiger partial charge in [0.1, 0.15) is 0 Å². The minimum Gasteiger partial charge on any atom is -0.326 e. The van der Waals surface area contributed by atoms with E-state index in [1.807, 2.05) is 36.6 Å². The van der Waals surface area contributed by atoms with Crippen molar-refractivity contribution in [1.29, 1.82) is 0 Å². The molecule has 0 aliphatic carbocycles. The minimum atomic E-state index is -0.236. The van der Waals surface area contributed by atoms with Gasteiger partial charge in [0.05, 0.1) is 5.69 Å². The van der Waals surface area contributed by atoms with Gasteiger partial charge < -0.3 is 5.32 Å². The number of aryl methyl sites for hydroxylation is 1. The molecule has 25 heavy (non-hydrogen) atoms. The lowest BCUT2D eigenvalue weighted by molar-refractivity contribution is -0.114. The van der Waals surface area contributed by atoms with Crippen molar-refractivity contribution in [2.45, 2.75) is 13.8 Å². The van der Waals surface area contributed by atoms with Crippen LogP contribution in [0.3, 0.4) is 0 Å². The van der Waals surface area contributed by atoms with Gasteiger partial charge in [0, 0.05) is 29.1 Å². The van der Waals surface area contributed by atoms with Gasteiger partial charge in [-0.25, -0.2) is 4.98 Å². The summed E-state index contributed by atoms with van der Waals surface area (Å²) in [5.41, 5.74) is 4.19. The van der Waals surface area contributed by atoms with Crippen LogP contribution in [0.1, 0.15) is 22.8 Å². The predicted octanol–water partition coefficient (Wildman–Crippen LogP) is 4.33. The third-order valence-electron chi connectivity index (χ3n) is 3.61. The summed E-state index contributed by atoms with van der Waals surface area (Å²) in [7, 11) is 0. The highest BCUT2D eigenvalue weighted by Crippen LogP contribution is 2.27. The van der Waals surface area contributed by atoms with Gasteiger partial charge in [0.15, 0.2) is 5.13 Å². The van der Waals surface area contributed by atoms with E-state index in [-0.39, 0.29) is 11.8 Å². The summed E-state index contributed by atoms with van der Waals surface area (Å²) in [4.78, 5) is 27.8. The Morgan fingerprint density at radius 2 is 1.72 bits per heavy atom. The Bertz CT molecular complexity index is 916. The number of thiazole rings is 1. The topological polar surface area (TPSA) is 71.1 Å². The molecule has 0 unspecified atom stereocenters. The average molecular weight is 351 g/mol. The van der Waals surface area contributed by atoms with Crippen LogP contribution in [0.25, 0.3) is 11.3 Å². The molecule has 5 nitrogen and oxygen atoms in total. The number of benzene rings is 2. The maximum Gasteiger partial charge on any atom is 0.257 e. The first-order valence-corrected chi connectivity index (χ1v) is 8.61. The number of aromatic nitrogens is 1. The third kappa shape index (κ3) is 4.10. The highest BCUT2D eigenvalue weighted by Gasteiger charge is 2.11. The number of amides is 2. The van der Waals surface area contributed by atoms with Crippen molar-refractivity contribution >= 4 is 34.0 Å². The van der Waals surface area contributed by atoms with Crippen molar-refractivity contribution in [3.05, 3.63) is 65.0 Å². The Labute approximate surface area is 149 Å². The van der Waals surface area contributed by atoms with Crippen LogP contribution in [0.2, 0.25) is 0 Å². The van der Waals surface area contributed by atoms with E-state index in [1.165, 1.54) is 18.3 Å². The van der Waals surface area contributed by atoms with E-state index in [0.29, 0.717) is 16.4 Å². The van der Waals surface area contributed by atoms with Crippen LogP contribution in [0, 0.1) is 6.92 Å². The monoisotopic (exact) mass is 351 g/mol. The van der Waals surface area contributed by atoms with Crippen LogP contribution in [0.5, 0.6) is 0 Å². The van der Waals surface area contributed by atoms with Crippen LogP contribution in [-0.4, -0.2) is 16.8 Å². The van der Waals surface area contributed by atoms with Crippen LogP contribution < -0.4 is 10.6 Å². The van der Waals surface area contributed by atoms with Crippen molar-refractivity contribution in [3.8, 4) is 11.3 Å². The molecule has 0 aliphatic heterocycles. The number of nitrogens with one attached hydrogen (secondary N) is 2. The molecule has 1 heterocycles. The fourth-order valence-corrected chi connectivity index (χ4v) is 3.10. The molecule has 0 atom stereocenters. The molecule has 0 aliphatic rings. The van der Waals surface area contributed by atoms with Gasteiger partial charge in [-0.3, -0.25) is 14.9 Å². The number of rotatable bonds is 4. The summed E-state index contributed by atoms with van der Waals surface area (Å²) in [6.45, 7) is 3.47. The summed E-state index contributed by atoms with van der Waals surface area (Å²) in [5, 5.41) is 7.95. The zero-order valence-electron chi connectivity index (χ0n) is 13.9. The molecule has 0 saturated heterocycles. The zero-order valence-corrected chi connectivity index (χ0v) is 14.7. The maximum absolute atomic E-state index is 12.3. The maximum atomic E-state index is 12.3. The second-order valence-electron chi connectivity index (χ2n) is 5.57. The number of hydrogen-bond acceptors (Lipinski definition) is 4. The molecule has 6 heteroatoms. The third-order valence-corrected chi connectivity index (χ3v) is 4.37. The molecule has 126 valence electrons. The number of nitrogens with zero attached hydrogens (tertiary/aromatic N) is 1. The lowest BCUT2D eigenvalue weighted by Crippen LogP contribution is -2.12. The van der Waals surface area contributed by atoms with E-state index < -0.39 is 0 Å². The highest BCUT2D eigenvalue weighted by molar-refractivity contribution is 7.14. The van der Waals surface area contributed by atoms with E-state index >= 15 is 0 Å². The molecule has 3 aromatic rings. The quantitative estimate of drug-likeness (QED) is 0.735.